The van der Waals surface area contributed by atoms with Crippen molar-refractivity contribution in [1.29, 1.82) is 0 Å². The third-order valence-electron chi connectivity index (χ3n) is 2.70. The number of aromatic nitrogens is 1. The summed E-state index contributed by atoms with van der Waals surface area (Å²) in [5, 5.41) is 2.92. The molecule has 2 rings (SSSR count). The van der Waals surface area contributed by atoms with Crippen molar-refractivity contribution in [3.8, 4) is 5.75 Å². The lowest BCUT2D eigenvalue weighted by molar-refractivity contribution is 0.103. The maximum absolute atomic E-state index is 12.4. The third-order valence-corrected chi connectivity index (χ3v) is 2.70. The van der Waals surface area contributed by atoms with Gasteiger partial charge >= 0.3 is 0 Å². The van der Waals surface area contributed by atoms with E-state index in [9.17, 15) is 4.79 Å². The summed E-state index contributed by atoms with van der Waals surface area (Å²) in [5.74, 6) is 1.21. The highest BCUT2D eigenvalue weighted by Crippen LogP contribution is 2.19. The van der Waals surface area contributed by atoms with Crippen LogP contribution in [0.15, 0.2) is 42.6 Å². The SMILES string of the molecule is CCOc1cccc(C(=O)c2cccnc2NC)c1. The van der Waals surface area contributed by atoms with Gasteiger partial charge in [0.25, 0.3) is 0 Å². The van der Waals surface area contributed by atoms with E-state index in [1.807, 2.05) is 19.1 Å². The smallest absolute Gasteiger partial charge is 0.196 e. The molecule has 0 aliphatic carbocycles. The van der Waals surface area contributed by atoms with E-state index in [-0.39, 0.29) is 5.78 Å². The summed E-state index contributed by atoms with van der Waals surface area (Å²) < 4.78 is 5.41. The van der Waals surface area contributed by atoms with E-state index >= 15 is 0 Å². The zero-order valence-electron chi connectivity index (χ0n) is 11.0. The number of ether oxygens (including phenoxy) is 1. The fraction of sp³-hybridized carbons (Fsp3) is 0.200. The Morgan fingerprint density at radius 2 is 2.16 bits per heavy atom. The van der Waals surface area contributed by atoms with Gasteiger partial charge in [0.05, 0.1) is 12.2 Å². The second-order valence-corrected chi connectivity index (χ2v) is 3.94. The second-order valence-electron chi connectivity index (χ2n) is 3.94. The molecule has 0 aliphatic rings. The van der Waals surface area contributed by atoms with Gasteiger partial charge < -0.3 is 10.1 Å². The van der Waals surface area contributed by atoms with Gasteiger partial charge in [-0.3, -0.25) is 4.79 Å². The summed E-state index contributed by atoms with van der Waals surface area (Å²) in [6.45, 7) is 2.49. The van der Waals surface area contributed by atoms with Crippen molar-refractivity contribution in [2.45, 2.75) is 6.92 Å². The van der Waals surface area contributed by atoms with Crippen LogP contribution in [-0.4, -0.2) is 24.4 Å². The van der Waals surface area contributed by atoms with Gasteiger partial charge in [-0.25, -0.2) is 4.98 Å². The minimum absolute atomic E-state index is 0.0704. The Balaban J connectivity index is 2.35. The minimum atomic E-state index is -0.0704. The number of anilines is 1. The fourth-order valence-corrected chi connectivity index (χ4v) is 1.84. The molecule has 0 fully saturated rings. The van der Waals surface area contributed by atoms with Crippen LogP contribution < -0.4 is 10.1 Å². The lowest BCUT2D eigenvalue weighted by atomic mass is 10.0. The van der Waals surface area contributed by atoms with Crippen LogP contribution in [0.5, 0.6) is 5.75 Å². The summed E-state index contributed by atoms with van der Waals surface area (Å²) in [7, 11) is 1.75. The topological polar surface area (TPSA) is 51.2 Å². The van der Waals surface area contributed by atoms with Gasteiger partial charge in [0.2, 0.25) is 0 Å². The molecule has 0 atom stereocenters. The number of hydrogen-bond acceptors (Lipinski definition) is 4. The van der Waals surface area contributed by atoms with E-state index in [2.05, 4.69) is 10.3 Å². The molecule has 0 unspecified atom stereocenters. The maximum atomic E-state index is 12.4. The Morgan fingerprint density at radius 1 is 1.32 bits per heavy atom. The number of nitrogens with one attached hydrogen (secondary N) is 1. The number of carbonyl (C=O) groups excluding carboxylic acids is 1. The summed E-state index contributed by atoms with van der Waals surface area (Å²) in [5.41, 5.74) is 1.15. The van der Waals surface area contributed by atoms with E-state index < -0.39 is 0 Å². The first-order chi connectivity index (χ1) is 9.26. The Hall–Kier alpha value is -2.36. The number of carbonyl (C=O) groups is 1. The van der Waals surface area contributed by atoms with Crippen LogP contribution in [0.3, 0.4) is 0 Å². The molecule has 4 nitrogen and oxygen atoms in total. The van der Waals surface area contributed by atoms with Crippen molar-refractivity contribution in [1.82, 2.24) is 4.98 Å². The van der Waals surface area contributed by atoms with E-state index in [1.54, 1.807) is 37.5 Å². The van der Waals surface area contributed by atoms with Crippen molar-refractivity contribution < 1.29 is 9.53 Å². The molecule has 0 radical (unpaired) electrons. The highest BCUT2D eigenvalue weighted by Gasteiger charge is 2.14. The molecule has 4 heteroatoms. The summed E-state index contributed by atoms with van der Waals surface area (Å²) in [4.78, 5) is 16.6. The molecule has 2 aromatic rings. The zero-order valence-corrected chi connectivity index (χ0v) is 11.0. The van der Waals surface area contributed by atoms with E-state index in [0.717, 1.165) is 0 Å². The fourth-order valence-electron chi connectivity index (χ4n) is 1.84. The molecule has 1 aromatic carbocycles. The van der Waals surface area contributed by atoms with Gasteiger partial charge in [-0.2, -0.15) is 0 Å². The van der Waals surface area contributed by atoms with Crippen LogP contribution in [-0.2, 0) is 0 Å². The average Bonchev–Trinajstić information content (AvgIpc) is 2.47. The van der Waals surface area contributed by atoms with Crippen molar-refractivity contribution in [2.24, 2.45) is 0 Å². The van der Waals surface area contributed by atoms with E-state index in [0.29, 0.717) is 29.3 Å². The van der Waals surface area contributed by atoms with Crippen LogP contribution in [0.4, 0.5) is 5.82 Å². The monoisotopic (exact) mass is 256 g/mol. The second kappa shape index (κ2) is 6.00. The average molecular weight is 256 g/mol. The van der Waals surface area contributed by atoms with Crippen LogP contribution in [0.1, 0.15) is 22.8 Å². The number of nitrogens with zero attached hydrogens (tertiary/aromatic N) is 1. The van der Waals surface area contributed by atoms with Crippen LogP contribution in [0, 0.1) is 0 Å². The molecular formula is C15H16N2O2. The van der Waals surface area contributed by atoms with Crippen molar-refractivity contribution in [3.05, 3.63) is 53.7 Å². The molecule has 98 valence electrons. The number of hydrogen-bond donors (Lipinski definition) is 1. The van der Waals surface area contributed by atoms with Crippen LogP contribution in [0.25, 0.3) is 0 Å². The first-order valence-electron chi connectivity index (χ1n) is 6.16. The molecule has 0 spiro atoms. The van der Waals surface area contributed by atoms with Gasteiger partial charge in [-0.1, -0.05) is 12.1 Å². The highest BCUT2D eigenvalue weighted by molar-refractivity contribution is 6.11. The predicted octanol–water partition coefficient (Wildman–Crippen LogP) is 2.75. The molecule has 0 saturated heterocycles. The van der Waals surface area contributed by atoms with Crippen LogP contribution in [0.2, 0.25) is 0 Å². The quantitative estimate of drug-likeness (QED) is 0.836. The first kappa shape index (κ1) is 13.1. The first-order valence-corrected chi connectivity index (χ1v) is 6.16. The normalized spacial score (nSPS) is 10.0. The Bertz CT molecular complexity index is 582. The van der Waals surface area contributed by atoms with Gasteiger partial charge in [0.1, 0.15) is 11.6 Å². The number of rotatable bonds is 5. The summed E-state index contributed by atoms with van der Waals surface area (Å²) in [6, 6.07) is 10.7. The maximum Gasteiger partial charge on any atom is 0.196 e. The van der Waals surface area contributed by atoms with Crippen LogP contribution >= 0.6 is 0 Å². The Kier molecular flexibility index (Phi) is 4.13. The highest BCUT2D eigenvalue weighted by atomic mass is 16.5. The zero-order chi connectivity index (χ0) is 13.7. The third kappa shape index (κ3) is 2.91. The molecule has 0 aliphatic heterocycles. The van der Waals surface area contributed by atoms with Gasteiger partial charge in [-0.15, -0.1) is 0 Å². The Labute approximate surface area is 112 Å². The largest absolute Gasteiger partial charge is 0.494 e. The Morgan fingerprint density at radius 3 is 2.89 bits per heavy atom. The lowest BCUT2D eigenvalue weighted by Gasteiger charge is -2.08. The molecule has 0 saturated carbocycles. The molecular weight excluding hydrogens is 240 g/mol. The van der Waals surface area contributed by atoms with Crippen molar-refractivity contribution in [3.63, 3.8) is 0 Å². The van der Waals surface area contributed by atoms with Crippen molar-refractivity contribution in [2.75, 3.05) is 19.0 Å². The molecule has 1 N–H and O–H groups in total. The molecule has 0 amide bonds. The standard InChI is InChI=1S/C15H16N2O2/c1-3-19-12-7-4-6-11(10-12)14(18)13-8-5-9-17-15(13)16-2/h4-10H,3H2,1-2H3,(H,16,17). The van der Waals surface area contributed by atoms with Gasteiger partial charge in [0, 0.05) is 18.8 Å². The molecule has 19 heavy (non-hydrogen) atoms. The summed E-state index contributed by atoms with van der Waals surface area (Å²) >= 11 is 0. The molecule has 1 heterocycles. The number of pyridine rings is 1. The van der Waals surface area contributed by atoms with E-state index in [1.165, 1.54) is 0 Å². The lowest BCUT2D eigenvalue weighted by Crippen LogP contribution is -2.07. The molecule has 0 bridgehead atoms. The van der Waals surface area contributed by atoms with E-state index in [4.69, 9.17) is 4.74 Å². The molecule has 1 aromatic heterocycles. The number of ketones is 1. The minimum Gasteiger partial charge on any atom is -0.494 e. The number of benzene rings is 1. The predicted molar refractivity (Wildman–Crippen MR) is 74.8 cm³/mol. The summed E-state index contributed by atoms with van der Waals surface area (Å²) in [6.07, 6.45) is 1.65. The van der Waals surface area contributed by atoms with Crippen molar-refractivity contribution >= 4 is 11.6 Å². The van der Waals surface area contributed by atoms with Gasteiger partial charge in [-0.05, 0) is 31.2 Å². The van der Waals surface area contributed by atoms with Gasteiger partial charge in [0.15, 0.2) is 5.78 Å².